The first-order valence-corrected chi connectivity index (χ1v) is 54.1. The van der Waals surface area contributed by atoms with E-state index in [9.17, 15) is 4.79 Å². The van der Waals surface area contributed by atoms with E-state index < -0.39 is 0 Å². The lowest BCUT2D eigenvalue weighted by molar-refractivity contribution is -0.138. The van der Waals surface area contributed by atoms with Crippen LogP contribution in [0, 0.1) is 62.1 Å². The molecule has 127 heavy (non-hydrogen) atoms. The zero-order valence-corrected chi connectivity index (χ0v) is 92.8. The maximum atomic E-state index is 12.1. The molecule has 15 heteroatoms. The van der Waals surface area contributed by atoms with E-state index in [0.717, 1.165) is 55.6 Å². The van der Waals surface area contributed by atoms with Crippen LogP contribution >= 0.6 is 0 Å². The molecule has 0 unspecified atom stereocenters. The molecule has 15 nitrogen and oxygen atoms in total. The van der Waals surface area contributed by atoms with Gasteiger partial charge in [0.15, 0.2) is 0 Å². The number of amides is 1. The van der Waals surface area contributed by atoms with Crippen molar-refractivity contribution in [3.8, 4) is 0 Å². The molecule has 752 valence electrons. The van der Waals surface area contributed by atoms with Crippen LogP contribution in [-0.4, -0.2) is 324 Å². The molecule has 0 N–H and O–H groups in total. The number of piperazine rings is 3. The van der Waals surface area contributed by atoms with Crippen molar-refractivity contribution in [1.82, 2.24) is 63.7 Å². The molecule has 0 bridgehead atoms. The second-order valence-electron chi connectivity index (χ2n) is 56.1. The average Bonchev–Trinajstić information content (AvgIpc) is 0.837. The molecule has 0 aromatic rings. The summed E-state index contributed by atoms with van der Waals surface area (Å²) < 4.78 is 6.43. The molecule has 10 fully saturated rings. The molecular formula is C112H227N13O2. The van der Waals surface area contributed by atoms with Gasteiger partial charge in [0.05, 0.1) is 18.8 Å². The topological polar surface area (TPSA) is 68.4 Å². The van der Waals surface area contributed by atoms with Crippen LogP contribution in [0.4, 0.5) is 0 Å². The van der Waals surface area contributed by atoms with Crippen LogP contribution in [0.2, 0.25) is 0 Å². The van der Waals surface area contributed by atoms with E-state index in [1.807, 2.05) is 4.90 Å². The van der Waals surface area contributed by atoms with Crippen LogP contribution in [0.3, 0.4) is 0 Å². The zero-order valence-electron chi connectivity index (χ0n) is 92.8. The second kappa shape index (κ2) is 52.6. The molecule has 0 aromatic heterocycles. The fourth-order valence-corrected chi connectivity index (χ4v) is 20.7. The smallest absolute Gasteiger partial charge is 0.236 e. The number of carbonyl (C=O) groups excluding carboxylic acids is 1. The number of nitrogens with zero attached hydrogens (tertiary/aromatic N) is 13. The lowest BCUT2D eigenvalue weighted by atomic mass is 9.82. The lowest BCUT2D eigenvalue weighted by Gasteiger charge is -2.43. The van der Waals surface area contributed by atoms with Crippen LogP contribution in [0.25, 0.3) is 0 Å². The fraction of sp³-hybridized carbons (Fsp3) is 0.991. The largest absolute Gasteiger partial charge is 0.375 e. The standard InChI is InChI=1S/C22H45N3.C21H42N2.C20H41N3.C20H40N2O.C15H31N.C14H28N2O/c1-21(2,3)11-7-8-12-23-13-9-20(10-14-23)19-24-15-17-25(18-16-24)22(4,5)6;1-20(2,3)11-16-22-12-7-18(8-13-22)17-19-9-14-23(15-10-19)21(4,5)6;1-19(2,3)9-12-21-10-7-18(8-11-21)17-22-13-15-23(16-14-22)20(4,5)6;1-19(2,3)11-16-21-12-7-17(8-13-21)23-18-9-14-22(15-10-18)20(4,5)6;1-14(2,3)10-7-13-8-11-16(12-9-13)15(4,5)6;1-13(2,3)7-8-15-9-10-16(11-12(15)17)14(4,5)6/h20H,7-19H2,1-6H3;18-19H,7-17H2,1-6H3;18H,7-17H2,1-6H3;17-18H,7-16H2,1-6H3;13H,7-12H2,1-6H3;7-11H2,1-6H3. The molecule has 1 amide bonds. The molecular weight excluding hydrogens is 1560 g/mol. The van der Waals surface area contributed by atoms with Crippen LogP contribution in [-0.2, 0) is 9.53 Å². The van der Waals surface area contributed by atoms with Crippen LogP contribution in [0.15, 0.2) is 0 Å². The SMILES string of the molecule is CC(C)(C)CCC1CCN(C(C)(C)C)CC1.CC(C)(C)CCCCN1CCC(CN2CCN(C(C)(C)C)CC2)CC1.CC(C)(C)CCN1CCC(CC2CCN(C(C)(C)C)CC2)CC1.CC(C)(C)CCN1CCC(CN2CCN(C(C)(C)C)CC2)CC1.CC(C)(C)CCN1CCC(OC2CCN(C(C)(C)C)CC2)CC1.CC(C)(C)CCN1CCN(C(C)(C)C)CC1=O. The number of carbonyl (C=O) groups is 1. The van der Waals surface area contributed by atoms with Gasteiger partial charge in [-0.05, 0) is 426 Å². The van der Waals surface area contributed by atoms with Crippen molar-refractivity contribution in [1.29, 1.82) is 0 Å². The number of unbranched alkanes of at least 4 members (excludes halogenated alkanes) is 1. The molecule has 10 aliphatic rings. The number of hydrogen-bond acceptors (Lipinski definition) is 14. The summed E-state index contributed by atoms with van der Waals surface area (Å²) in [5, 5.41) is 0. The molecule has 0 spiro atoms. The van der Waals surface area contributed by atoms with Gasteiger partial charge in [0.2, 0.25) is 5.91 Å². The minimum atomic E-state index is 0.103. The summed E-state index contributed by atoms with van der Waals surface area (Å²) in [6, 6.07) is 0. The van der Waals surface area contributed by atoms with Crippen molar-refractivity contribution in [2.75, 3.05) is 209 Å². The summed E-state index contributed by atoms with van der Waals surface area (Å²) in [6.07, 6.45) is 33.6. The Labute approximate surface area is 794 Å². The molecule has 10 heterocycles. The van der Waals surface area contributed by atoms with Crippen molar-refractivity contribution in [3.63, 3.8) is 0 Å². The van der Waals surface area contributed by atoms with Crippen LogP contribution in [0.1, 0.15) is 403 Å². The first-order chi connectivity index (χ1) is 58.3. The second-order valence-corrected chi connectivity index (χ2v) is 56.1. The van der Waals surface area contributed by atoms with Crippen molar-refractivity contribution >= 4 is 5.91 Å². The highest BCUT2D eigenvalue weighted by molar-refractivity contribution is 5.79. The van der Waals surface area contributed by atoms with E-state index >= 15 is 0 Å². The maximum Gasteiger partial charge on any atom is 0.236 e. The van der Waals surface area contributed by atoms with Gasteiger partial charge in [-0.15, -0.1) is 0 Å². The number of hydrogen-bond donors (Lipinski definition) is 0. The zero-order chi connectivity index (χ0) is 95.4. The molecule has 0 aromatic carbocycles. The normalized spacial score (nSPS) is 23.1. The van der Waals surface area contributed by atoms with Crippen molar-refractivity contribution in [3.05, 3.63) is 0 Å². The van der Waals surface area contributed by atoms with Crippen LogP contribution in [0.5, 0.6) is 0 Å². The monoisotopic (exact) mass is 1790 g/mol. The molecule has 0 radical (unpaired) electrons. The molecule has 10 saturated heterocycles. The Morgan fingerprint density at radius 2 is 0.480 bits per heavy atom. The van der Waals surface area contributed by atoms with E-state index in [1.54, 1.807) is 0 Å². The van der Waals surface area contributed by atoms with Gasteiger partial charge in [-0.25, -0.2) is 0 Å². The summed E-state index contributed by atoms with van der Waals surface area (Å²) in [5.41, 5.74) is 4.56. The quantitative estimate of drug-likeness (QED) is 0.0966. The Morgan fingerprint density at radius 1 is 0.228 bits per heavy atom. The molecule has 10 aliphatic heterocycles. The Bertz CT molecular complexity index is 2690. The number of ether oxygens (including phenoxy) is 1. The summed E-state index contributed by atoms with van der Waals surface area (Å²) >= 11 is 0. The van der Waals surface area contributed by atoms with Crippen LogP contribution < -0.4 is 0 Å². The van der Waals surface area contributed by atoms with E-state index in [-0.39, 0.29) is 11.4 Å². The minimum Gasteiger partial charge on any atom is -0.375 e. The van der Waals surface area contributed by atoms with Gasteiger partial charge in [-0.3, -0.25) is 34.2 Å². The summed E-state index contributed by atoms with van der Waals surface area (Å²) in [5.74, 6) is 5.15. The Morgan fingerprint density at radius 3 is 0.787 bits per heavy atom. The highest BCUT2D eigenvalue weighted by atomic mass is 16.5. The van der Waals surface area contributed by atoms with Gasteiger partial charge < -0.3 is 39.0 Å². The summed E-state index contributed by atoms with van der Waals surface area (Å²) in [4.78, 5) is 45.7. The average molecular weight is 1790 g/mol. The lowest BCUT2D eigenvalue weighted by Crippen LogP contribution is -2.56. The predicted octanol–water partition coefficient (Wildman–Crippen LogP) is 23.8. The predicted molar refractivity (Wildman–Crippen MR) is 557 cm³/mol. The van der Waals surface area contributed by atoms with Crippen molar-refractivity contribution < 1.29 is 9.53 Å². The van der Waals surface area contributed by atoms with Gasteiger partial charge >= 0.3 is 0 Å². The van der Waals surface area contributed by atoms with Gasteiger partial charge in [0.25, 0.3) is 0 Å². The maximum absolute atomic E-state index is 12.1. The highest BCUT2D eigenvalue weighted by Gasteiger charge is 2.37. The van der Waals surface area contributed by atoms with Gasteiger partial charge in [0.1, 0.15) is 0 Å². The van der Waals surface area contributed by atoms with E-state index in [0.29, 0.717) is 78.9 Å². The first kappa shape index (κ1) is 116. The van der Waals surface area contributed by atoms with Gasteiger partial charge in [0, 0.05) is 144 Å². The van der Waals surface area contributed by atoms with E-state index in [2.05, 4.69) is 308 Å². The summed E-state index contributed by atoms with van der Waals surface area (Å²) in [6.45, 7) is 123. The third kappa shape index (κ3) is 51.3. The Hall–Kier alpha value is -1.05. The molecule has 10 rings (SSSR count). The molecule has 0 aliphatic carbocycles. The van der Waals surface area contributed by atoms with E-state index in [4.69, 9.17) is 4.74 Å². The number of piperidine rings is 7. The van der Waals surface area contributed by atoms with Gasteiger partial charge in [-0.1, -0.05) is 131 Å². The first-order valence-electron chi connectivity index (χ1n) is 54.1. The summed E-state index contributed by atoms with van der Waals surface area (Å²) in [7, 11) is 0. The van der Waals surface area contributed by atoms with Crippen molar-refractivity contribution in [2.45, 2.75) is 449 Å². The number of likely N-dealkylation sites (tertiary alicyclic amines) is 7. The molecule has 0 atom stereocenters. The minimum absolute atomic E-state index is 0.103. The number of rotatable bonds is 22. The Balaban J connectivity index is 0.000000272. The van der Waals surface area contributed by atoms with Crippen molar-refractivity contribution in [2.24, 2.45) is 62.1 Å². The third-order valence-corrected chi connectivity index (χ3v) is 30.8. The highest BCUT2D eigenvalue weighted by Crippen LogP contribution is 2.37. The van der Waals surface area contributed by atoms with Gasteiger partial charge in [-0.2, -0.15) is 0 Å². The molecule has 0 saturated carbocycles. The fourth-order valence-electron chi connectivity index (χ4n) is 20.7. The third-order valence-electron chi connectivity index (χ3n) is 30.8. The Kier molecular flexibility index (Phi) is 48.3. The van der Waals surface area contributed by atoms with E-state index in [1.165, 1.54) is 331 Å².